The zero-order chi connectivity index (χ0) is 25.1. The lowest BCUT2D eigenvalue weighted by atomic mass is 9.85. The van der Waals surface area contributed by atoms with Gasteiger partial charge in [0.1, 0.15) is 0 Å². The van der Waals surface area contributed by atoms with E-state index in [0.29, 0.717) is 11.1 Å². The molecule has 4 aromatic carbocycles. The van der Waals surface area contributed by atoms with Crippen LogP contribution in [0.1, 0.15) is 43.0 Å². The Hall–Kier alpha value is -4.18. The molecule has 0 fully saturated rings. The average molecular weight is 477 g/mol. The van der Waals surface area contributed by atoms with E-state index in [-0.39, 0.29) is 11.9 Å². The van der Waals surface area contributed by atoms with Crippen LogP contribution in [0, 0.1) is 0 Å². The molecule has 0 saturated carbocycles. The van der Waals surface area contributed by atoms with Gasteiger partial charge in [-0.3, -0.25) is 0 Å². The first-order valence-electron chi connectivity index (χ1n) is 12.2. The summed E-state index contributed by atoms with van der Waals surface area (Å²) in [6, 6.07) is 28.9. The number of carbonyl (C=O) groups is 2. The van der Waals surface area contributed by atoms with Gasteiger partial charge in [0, 0.05) is 0 Å². The van der Waals surface area contributed by atoms with E-state index in [4.69, 9.17) is 9.47 Å². The molecule has 0 N–H and O–H groups in total. The summed E-state index contributed by atoms with van der Waals surface area (Å²) in [7, 11) is 2.79. The maximum absolute atomic E-state index is 11.9. The molecule has 0 aliphatic heterocycles. The van der Waals surface area contributed by atoms with Gasteiger partial charge in [0.2, 0.25) is 0 Å². The second-order valence-electron chi connectivity index (χ2n) is 9.12. The molecule has 0 aromatic heterocycles. The van der Waals surface area contributed by atoms with Crippen LogP contribution in [-0.2, 0) is 35.2 Å². The summed E-state index contributed by atoms with van der Waals surface area (Å²) in [6.07, 6.45) is 3.66. The predicted octanol–water partition coefficient (Wildman–Crippen LogP) is 6.48. The Morgan fingerprint density at radius 3 is 1.22 bits per heavy atom. The lowest BCUT2D eigenvalue weighted by molar-refractivity contribution is 0.0592. The molecule has 0 radical (unpaired) electrons. The molecule has 0 atom stereocenters. The molecule has 4 heteroatoms. The van der Waals surface area contributed by atoms with E-state index in [1.807, 2.05) is 48.5 Å². The molecule has 0 spiro atoms. The van der Waals surface area contributed by atoms with Crippen LogP contribution in [0.4, 0.5) is 0 Å². The van der Waals surface area contributed by atoms with Crippen LogP contribution in [-0.4, -0.2) is 26.2 Å². The van der Waals surface area contributed by atoms with Crippen LogP contribution in [0.15, 0.2) is 84.9 Å². The Kier molecular flexibility index (Phi) is 6.68. The minimum absolute atomic E-state index is 0.335. The maximum atomic E-state index is 11.9. The van der Waals surface area contributed by atoms with Gasteiger partial charge in [-0.15, -0.1) is 0 Å². The second kappa shape index (κ2) is 10.2. The average Bonchev–Trinajstić information content (AvgIpc) is 2.93. The smallest absolute Gasteiger partial charge is 0.337 e. The first kappa shape index (κ1) is 23.6. The molecule has 0 amide bonds. The molecule has 180 valence electrons. The van der Waals surface area contributed by atoms with Gasteiger partial charge in [-0.25, -0.2) is 9.59 Å². The number of hydrogen-bond acceptors (Lipinski definition) is 4. The number of rotatable bonds is 4. The van der Waals surface area contributed by atoms with Crippen molar-refractivity contribution in [3.63, 3.8) is 0 Å². The molecule has 4 bridgehead atoms. The highest BCUT2D eigenvalue weighted by Gasteiger charge is 2.16. The van der Waals surface area contributed by atoms with E-state index >= 15 is 0 Å². The number of carbonyl (C=O) groups excluding carboxylic acids is 2. The van der Waals surface area contributed by atoms with Gasteiger partial charge in [-0.2, -0.15) is 0 Å². The van der Waals surface area contributed by atoms with Gasteiger partial charge >= 0.3 is 11.9 Å². The van der Waals surface area contributed by atoms with Crippen molar-refractivity contribution in [1.82, 2.24) is 0 Å². The topological polar surface area (TPSA) is 52.6 Å². The third-order valence-corrected chi connectivity index (χ3v) is 6.95. The van der Waals surface area contributed by atoms with Crippen molar-refractivity contribution in [1.29, 1.82) is 0 Å². The lowest BCUT2D eigenvalue weighted by Crippen LogP contribution is -2.04. The van der Waals surface area contributed by atoms with E-state index in [2.05, 4.69) is 36.4 Å². The largest absolute Gasteiger partial charge is 0.465 e. The molecule has 0 unspecified atom stereocenters. The SMILES string of the molecule is COC(=O)c1ccc(-c2cc3c(-c4ccc(C(=O)OC)cc4)cc2CCc2ccc(cc2)CC3)cc1. The number of hydrogen-bond donors (Lipinski definition) is 0. The van der Waals surface area contributed by atoms with Gasteiger partial charge in [0.15, 0.2) is 0 Å². The van der Waals surface area contributed by atoms with E-state index in [9.17, 15) is 9.59 Å². The highest BCUT2D eigenvalue weighted by Crippen LogP contribution is 2.35. The normalized spacial score (nSPS) is 12.5. The van der Waals surface area contributed by atoms with Crippen LogP contribution in [0.25, 0.3) is 22.3 Å². The van der Waals surface area contributed by atoms with Gasteiger partial charge < -0.3 is 9.47 Å². The summed E-state index contributed by atoms with van der Waals surface area (Å²) < 4.78 is 9.73. The molecule has 8 rings (SSSR count). The van der Waals surface area contributed by atoms with Crippen molar-refractivity contribution in [3.05, 3.63) is 118 Å². The Bertz CT molecular complexity index is 1290. The third kappa shape index (κ3) is 4.80. The molecule has 4 aliphatic carbocycles. The molecule has 36 heavy (non-hydrogen) atoms. The highest BCUT2D eigenvalue weighted by atomic mass is 16.5. The summed E-state index contributed by atoms with van der Waals surface area (Å²) in [4.78, 5) is 23.9. The van der Waals surface area contributed by atoms with Gasteiger partial charge in [0.25, 0.3) is 0 Å². The first-order valence-corrected chi connectivity index (χ1v) is 12.2. The summed E-state index contributed by atoms with van der Waals surface area (Å²) in [5.74, 6) is -0.670. The van der Waals surface area contributed by atoms with Crippen LogP contribution < -0.4 is 0 Å². The third-order valence-electron chi connectivity index (χ3n) is 6.95. The van der Waals surface area contributed by atoms with E-state index in [1.54, 1.807) is 0 Å². The number of benzene rings is 4. The fraction of sp³-hybridized carbons (Fsp3) is 0.188. The fourth-order valence-electron chi connectivity index (χ4n) is 4.88. The van der Waals surface area contributed by atoms with E-state index < -0.39 is 0 Å². The summed E-state index contributed by atoms with van der Waals surface area (Å²) in [5, 5.41) is 0. The standard InChI is InChI=1S/C32H28O4/c1-35-31(33)25-15-11-23(12-16-25)29-19-28-10-8-22-5-3-21(4-6-22)7-9-27(29)20-30(28)24-13-17-26(18-14-24)32(34)36-2/h3-6,11-20H,7-10H2,1-2H3. The fourth-order valence-corrected chi connectivity index (χ4v) is 4.88. The van der Waals surface area contributed by atoms with Crippen LogP contribution >= 0.6 is 0 Å². The summed E-state index contributed by atoms with van der Waals surface area (Å²) in [6.45, 7) is 0. The molecular weight excluding hydrogens is 448 g/mol. The van der Waals surface area contributed by atoms with E-state index in [1.165, 1.54) is 47.6 Å². The quantitative estimate of drug-likeness (QED) is 0.317. The van der Waals surface area contributed by atoms with E-state index in [0.717, 1.165) is 36.8 Å². The zero-order valence-electron chi connectivity index (χ0n) is 20.5. The first-order chi connectivity index (χ1) is 17.6. The van der Waals surface area contributed by atoms with Crippen LogP contribution in [0.2, 0.25) is 0 Å². The molecule has 0 saturated heterocycles. The monoisotopic (exact) mass is 476 g/mol. The second-order valence-corrected chi connectivity index (χ2v) is 9.12. The van der Waals surface area contributed by atoms with Crippen molar-refractivity contribution in [2.75, 3.05) is 14.2 Å². The summed E-state index contributed by atoms with van der Waals surface area (Å²) >= 11 is 0. The van der Waals surface area contributed by atoms with Crippen LogP contribution in [0.3, 0.4) is 0 Å². The maximum Gasteiger partial charge on any atom is 0.337 e. The zero-order valence-corrected chi connectivity index (χ0v) is 20.5. The Morgan fingerprint density at radius 1 is 0.528 bits per heavy atom. The minimum Gasteiger partial charge on any atom is -0.465 e. The predicted molar refractivity (Wildman–Crippen MR) is 141 cm³/mol. The van der Waals surface area contributed by atoms with Crippen molar-refractivity contribution < 1.29 is 19.1 Å². The lowest BCUT2D eigenvalue weighted by Gasteiger charge is -2.19. The van der Waals surface area contributed by atoms with Crippen molar-refractivity contribution >= 4 is 11.9 Å². The molecule has 0 heterocycles. The minimum atomic E-state index is -0.335. The Balaban J connectivity index is 1.62. The number of esters is 2. The van der Waals surface area contributed by atoms with Crippen molar-refractivity contribution in [2.24, 2.45) is 0 Å². The summed E-state index contributed by atoms with van der Waals surface area (Å²) in [5.41, 5.74) is 10.8. The number of methoxy groups -OCH3 is 2. The van der Waals surface area contributed by atoms with Crippen molar-refractivity contribution in [2.45, 2.75) is 25.7 Å². The molecule has 4 nitrogen and oxygen atoms in total. The van der Waals surface area contributed by atoms with Crippen LogP contribution in [0.5, 0.6) is 0 Å². The Labute approximate surface area is 211 Å². The molecular formula is C32H28O4. The van der Waals surface area contributed by atoms with Gasteiger partial charge in [0.05, 0.1) is 25.3 Å². The highest BCUT2D eigenvalue weighted by molar-refractivity contribution is 5.91. The van der Waals surface area contributed by atoms with Gasteiger partial charge in [-0.1, -0.05) is 60.7 Å². The molecule has 4 aromatic rings. The number of ether oxygens (including phenoxy) is 2. The van der Waals surface area contributed by atoms with Crippen molar-refractivity contribution in [3.8, 4) is 22.3 Å². The molecule has 4 aliphatic rings. The number of aryl methyl sites for hydroxylation is 4. The Morgan fingerprint density at radius 2 is 0.889 bits per heavy atom. The van der Waals surface area contributed by atoms with Gasteiger partial charge in [-0.05, 0) is 94.5 Å².